The number of nitrogens with zero attached hydrogens (tertiary/aromatic N) is 5. The fourth-order valence-electron chi connectivity index (χ4n) is 4.23. The van der Waals surface area contributed by atoms with Crippen LogP contribution in [0.3, 0.4) is 0 Å². The van der Waals surface area contributed by atoms with Crippen LogP contribution in [0.25, 0.3) is 22.4 Å². The van der Waals surface area contributed by atoms with Crippen LogP contribution in [0.4, 0.5) is 0 Å². The minimum atomic E-state index is -0.269. The Labute approximate surface area is 229 Å². The Morgan fingerprint density at radius 3 is 2.54 bits per heavy atom. The lowest BCUT2D eigenvalue weighted by molar-refractivity contribution is -0.127. The van der Waals surface area contributed by atoms with Crippen LogP contribution in [0.5, 0.6) is 5.75 Å². The van der Waals surface area contributed by atoms with Crippen LogP contribution < -0.4 is 10.1 Å². The van der Waals surface area contributed by atoms with Crippen LogP contribution in [0.1, 0.15) is 48.3 Å². The van der Waals surface area contributed by atoms with Gasteiger partial charge in [0.25, 0.3) is 5.91 Å². The number of likely N-dealkylation sites (N-methyl/N-ethyl adjacent to an activating group) is 1. The highest BCUT2D eigenvalue weighted by molar-refractivity contribution is 5.96. The molecular weight excluding hydrogens is 492 g/mol. The maximum absolute atomic E-state index is 13.4. The molecule has 0 fully saturated rings. The molecule has 2 aromatic heterocycles. The van der Waals surface area contributed by atoms with Crippen molar-refractivity contribution < 1.29 is 14.3 Å². The van der Waals surface area contributed by atoms with E-state index >= 15 is 0 Å². The third kappa shape index (κ3) is 6.73. The first-order chi connectivity index (χ1) is 18.6. The average molecular weight is 529 g/mol. The van der Waals surface area contributed by atoms with E-state index in [1.165, 1.54) is 6.92 Å². The summed E-state index contributed by atoms with van der Waals surface area (Å²) in [5, 5.41) is 12.2. The van der Waals surface area contributed by atoms with Crippen molar-refractivity contribution in [2.24, 2.45) is 7.05 Å². The first-order valence-electron chi connectivity index (χ1n) is 13.1. The van der Waals surface area contributed by atoms with Gasteiger partial charge in [-0.05, 0) is 73.9 Å². The van der Waals surface area contributed by atoms with Gasteiger partial charge >= 0.3 is 0 Å². The van der Waals surface area contributed by atoms with Crippen LogP contribution in [0, 0.1) is 6.92 Å². The molecule has 2 aromatic carbocycles. The Morgan fingerprint density at radius 2 is 1.87 bits per heavy atom. The number of hydrogen-bond acceptors (Lipinski definition) is 5. The normalized spacial score (nSPS) is 11.7. The van der Waals surface area contributed by atoms with Crippen molar-refractivity contribution >= 4 is 11.8 Å². The SMILES string of the molecule is CCn1ccc(-c2cc(-c3cnn(C)c3)cc([C@@H](C)NC(=O)c3cc(OCCN(C)C(C)=O)ccc3C)c2)n1. The Kier molecular flexibility index (Phi) is 8.49. The summed E-state index contributed by atoms with van der Waals surface area (Å²) in [6.07, 6.45) is 5.77. The van der Waals surface area contributed by atoms with E-state index in [0.29, 0.717) is 24.5 Å². The third-order valence-electron chi connectivity index (χ3n) is 6.79. The molecule has 0 aliphatic carbocycles. The number of amides is 2. The number of rotatable bonds is 10. The topological polar surface area (TPSA) is 94.3 Å². The van der Waals surface area contributed by atoms with Crippen molar-refractivity contribution in [2.45, 2.75) is 40.3 Å². The van der Waals surface area contributed by atoms with Gasteiger partial charge in [0, 0.05) is 56.6 Å². The van der Waals surface area contributed by atoms with Crippen LogP contribution in [-0.4, -0.2) is 56.5 Å². The van der Waals surface area contributed by atoms with Gasteiger partial charge in [-0.15, -0.1) is 0 Å². The molecule has 0 aliphatic rings. The lowest BCUT2D eigenvalue weighted by atomic mass is 9.96. The number of aromatic nitrogens is 4. The Bertz CT molecular complexity index is 1470. The molecule has 9 heteroatoms. The number of nitrogens with one attached hydrogen (secondary N) is 1. The number of benzene rings is 2. The molecule has 0 aliphatic heterocycles. The number of hydrogen-bond donors (Lipinski definition) is 1. The lowest BCUT2D eigenvalue weighted by Gasteiger charge is -2.18. The van der Waals surface area contributed by atoms with E-state index in [0.717, 1.165) is 40.1 Å². The van der Waals surface area contributed by atoms with Crippen molar-refractivity contribution in [3.63, 3.8) is 0 Å². The summed E-state index contributed by atoms with van der Waals surface area (Å²) in [4.78, 5) is 26.4. The number of ether oxygens (including phenoxy) is 1. The second-order valence-corrected chi connectivity index (χ2v) is 9.76. The van der Waals surface area contributed by atoms with Crippen LogP contribution in [0.2, 0.25) is 0 Å². The van der Waals surface area contributed by atoms with Gasteiger partial charge in [-0.3, -0.25) is 19.0 Å². The van der Waals surface area contributed by atoms with Gasteiger partial charge in [-0.2, -0.15) is 10.2 Å². The second-order valence-electron chi connectivity index (χ2n) is 9.76. The zero-order chi connectivity index (χ0) is 28.1. The van der Waals surface area contributed by atoms with Gasteiger partial charge in [0.15, 0.2) is 0 Å². The van der Waals surface area contributed by atoms with Gasteiger partial charge in [0.1, 0.15) is 12.4 Å². The molecular formula is C30H36N6O3. The third-order valence-corrected chi connectivity index (χ3v) is 6.79. The summed E-state index contributed by atoms with van der Waals surface area (Å²) in [5.74, 6) is 0.378. The van der Waals surface area contributed by atoms with E-state index in [1.54, 1.807) is 22.7 Å². The molecule has 0 radical (unpaired) electrons. The maximum atomic E-state index is 13.4. The highest BCUT2D eigenvalue weighted by Crippen LogP contribution is 2.30. The smallest absolute Gasteiger partial charge is 0.252 e. The summed E-state index contributed by atoms with van der Waals surface area (Å²) in [6.45, 7) is 9.04. The van der Waals surface area contributed by atoms with Crippen LogP contribution >= 0.6 is 0 Å². The zero-order valence-corrected chi connectivity index (χ0v) is 23.4. The van der Waals surface area contributed by atoms with Crippen LogP contribution in [0.15, 0.2) is 61.1 Å². The van der Waals surface area contributed by atoms with Crippen molar-refractivity contribution in [1.82, 2.24) is 29.8 Å². The molecule has 0 saturated heterocycles. The fourth-order valence-corrected chi connectivity index (χ4v) is 4.23. The highest BCUT2D eigenvalue weighted by atomic mass is 16.5. The van der Waals surface area contributed by atoms with Gasteiger partial charge in [-0.25, -0.2) is 0 Å². The molecule has 39 heavy (non-hydrogen) atoms. The molecule has 204 valence electrons. The van der Waals surface area contributed by atoms with Crippen molar-refractivity contribution in [2.75, 3.05) is 20.2 Å². The van der Waals surface area contributed by atoms with Gasteiger partial charge in [0.05, 0.1) is 24.5 Å². The summed E-state index contributed by atoms with van der Waals surface area (Å²) in [6, 6.07) is 13.4. The predicted octanol–water partition coefficient (Wildman–Crippen LogP) is 4.63. The minimum absolute atomic E-state index is 0.0222. The van der Waals surface area contributed by atoms with Crippen molar-refractivity contribution in [1.29, 1.82) is 0 Å². The monoisotopic (exact) mass is 528 g/mol. The Hall–Kier alpha value is -4.40. The average Bonchev–Trinajstić information content (AvgIpc) is 3.58. The number of carbonyl (C=O) groups excluding carboxylic acids is 2. The largest absolute Gasteiger partial charge is 0.492 e. The molecule has 9 nitrogen and oxygen atoms in total. The highest BCUT2D eigenvalue weighted by Gasteiger charge is 2.17. The first-order valence-corrected chi connectivity index (χ1v) is 13.1. The van der Waals surface area contributed by atoms with E-state index in [1.807, 2.05) is 62.4 Å². The molecule has 4 aromatic rings. The zero-order valence-electron chi connectivity index (χ0n) is 23.4. The maximum Gasteiger partial charge on any atom is 0.252 e. The number of aryl methyl sites for hydroxylation is 3. The molecule has 1 atom stereocenters. The summed E-state index contributed by atoms with van der Waals surface area (Å²) in [5.41, 5.74) is 6.20. The second kappa shape index (κ2) is 12.0. The minimum Gasteiger partial charge on any atom is -0.492 e. The van der Waals surface area contributed by atoms with Crippen molar-refractivity contribution in [3.05, 3.63) is 77.7 Å². The molecule has 4 rings (SSSR count). The molecule has 0 unspecified atom stereocenters. The van der Waals surface area contributed by atoms with Crippen molar-refractivity contribution in [3.8, 4) is 28.1 Å². The number of carbonyl (C=O) groups is 2. The standard InChI is InChI=1S/C30H36N6O3/c1-7-36-11-10-29(33-36)25-15-23(14-24(16-25)26-18-31-35(6)19-26)21(3)32-30(38)28-17-27(9-8-20(28)2)39-13-12-34(5)22(4)37/h8-11,14-19,21H,7,12-13H2,1-6H3,(H,32,38)/t21-/m1/s1. The predicted molar refractivity (Wildman–Crippen MR) is 151 cm³/mol. The van der Waals surface area contributed by atoms with Gasteiger partial charge < -0.3 is 15.0 Å². The molecule has 0 saturated carbocycles. The molecule has 1 N–H and O–H groups in total. The van der Waals surface area contributed by atoms with Gasteiger partial charge in [-0.1, -0.05) is 6.07 Å². The quantitative estimate of drug-likeness (QED) is 0.324. The first kappa shape index (κ1) is 27.6. The van der Waals surface area contributed by atoms with E-state index < -0.39 is 0 Å². The van der Waals surface area contributed by atoms with Gasteiger partial charge in [0.2, 0.25) is 5.91 Å². The summed E-state index contributed by atoms with van der Waals surface area (Å²) in [7, 11) is 3.62. The molecule has 0 bridgehead atoms. The van der Waals surface area contributed by atoms with E-state index in [4.69, 9.17) is 4.74 Å². The van der Waals surface area contributed by atoms with E-state index in [9.17, 15) is 9.59 Å². The Morgan fingerprint density at radius 1 is 1.10 bits per heavy atom. The van der Waals surface area contributed by atoms with E-state index in [-0.39, 0.29) is 17.9 Å². The van der Waals surface area contributed by atoms with Crippen LogP contribution in [-0.2, 0) is 18.4 Å². The molecule has 2 amide bonds. The lowest BCUT2D eigenvalue weighted by Crippen LogP contribution is -2.29. The fraction of sp³-hybridized carbons (Fsp3) is 0.333. The molecule has 2 heterocycles. The van der Waals surface area contributed by atoms with E-state index in [2.05, 4.69) is 40.6 Å². The summed E-state index contributed by atoms with van der Waals surface area (Å²) < 4.78 is 9.48. The summed E-state index contributed by atoms with van der Waals surface area (Å²) >= 11 is 0. The Balaban J connectivity index is 1.56. The molecule has 0 spiro atoms.